The topological polar surface area (TPSA) is 66.4 Å². The highest BCUT2D eigenvalue weighted by Gasteiger charge is 2.05. The molecule has 5 heteroatoms. The van der Waals surface area contributed by atoms with E-state index in [1.165, 1.54) is 19.1 Å². The van der Waals surface area contributed by atoms with Crippen LogP contribution < -0.4 is 5.32 Å². The van der Waals surface area contributed by atoms with Crippen LogP contribution in [0, 0.1) is 5.82 Å². The maximum Gasteiger partial charge on any atom is 0.335 e. The smallest absolute Gasteiger partial charge is 0.335 e. The minimum Gasteiger partial charge on any atom is -0.478 e. The molecular formula is C13H14FNO3. The molecule has 0 spiro atoms. The Balaban J connectivity index is 2.64. The van der Waals surface area contributed by atoms with Crippen LogP contribution in [0.3, 0.4) is 0 Å². The van der Waals surface area contributed by atoms with Gasteiger partial charge in [0, 0.05) is 13.5 Å². The minimum absolute atomic E-state index is 0.0866. The van der Waals surface area contributed by atoms with E-state index in [1.807, 2.05) is 0 Å². The van der Waals surface area contributed by atoms with Gasteiger partial charge in [-0.1, -0.05) is 12.2 Å². The van der Waals surface area contributed by atoms with Crippen LogP contribution in [0.15, 0.2) is 24.3 Å². The first-order valence-corrected chi connectivity index (χ1v) is 5.44. The van der Waals surface area contributed by atoms with Crippen LogP contribution in [0.25, 0.3) is 6.08 Å². The maximum atomic E-state index is 13.1. The molecule has 0 heterocycles. The van der Waals surface area contributed by atoms with Gasteiger partial charge in [-0.2, -0.15) is 0 Å². The zero-order valence-corrected chi connectivity index (χ0v) is 9.94. The van der Waals surface area contributed by atoms with E-state index in [9.17, 15) is 14.0 Å². The summed E-state index contributed by atoms with van der Waals surface area (Å²) in [6.07, 6.45) is 3.96. The molecule has 0 bridgehead atoms. The Morgan fingerprint density at radius 3 is 2.72 bits per heavy atom. The molecule has 0 atom stereocenters. The van der Waals surface area contributed by atoms with Crippen molar-refractivity contribution in [3.05, 3.63) is 41.2 Å². The van der Waals surface area contributed by atoms with Gasteiger partial charge in [-0.15, -0.1) is 0 Å². The van der Waals surface area contributed by atoms with Gasteiger partial charge in [0.25, 0.3) is 0 Å². The number of carboxylic acids is 1. The van der Waals surface area contributed by atoms with Gasteiger partial charge in [0.15, 0.2) is 0 Å². The Hall–Kier alpha value is -2.17. The number of hydrogen-bond acceptors (Lipinski definition) is 2. The second-order valence-electron chi connectivity index (χ2n) is 3.75. The monoisotopic (exact) mass is 251 g/mol. The van der Waals surface area contributed by atoms with E-state index in [-0.39, 0.29) is 11.5 Å². The highest BCUT2D eigenvalue weighted by molar-refractivity contribution is 5.88. The molecule has 0 unspecified atom stereocenters. The molecule has 1 aromatic carbocycles. The lowest BCUT2D eigenvalue weighted by Gasteiger charge is -1.99. The number of benzene rings is 1. The van der Waals surface area contributed by atoms with Crippen LogP contribution in [-0.4, -0.2) is 23.5 Å². The van der Waals surface area contributed by atoms with E-state index in [0.717, 1.165) is 6.07 Å². The molecule has 0 saturated heterocycles. The predicted octanol–water partition coefficient (Wildman–Crippen LogP) is 2.06. The molecule has 0 aromatic heterocycles. The lowest BCUT2D eigenvalue weighted by atomic mass is 10.1. The minimum atomic E-state index is -1.16. The fraction of sp³-hybridized carbons (Fsp3) is 0.231. The summed E-state index contributed by atoms with van der Waals surface area (Å²) in [4.78, 5) is 21.3. The van der Waals surface area contributed by atoms with Crippen LogP contribution in [0.2, 0.25) is 0 Å². The van der Waals surface area contributed by atoms with Crippen LogP contribution in [0.4, 0.5) is 4.39 Å². The summed E-state index contributed by atoms with van der Waals surface area (Å²) < 4.78 is 13.1. The first-order valence-electron chi connectivity index (χ1n) is 5.44. The normalized spacial score (nSPS) is 10.6. The third kappa shape index (κ3) is 4.78. The lowest BCUT2D eigenvalue weighted by molar-refractivity contribution is -0.118. The molecule has 4 nitrogen and oxygen atoms in total. The summed E-state index contributed by atoms with van der Waals surface area (Å²) in [6.45, 7) is 1.92. The number of hydrogen-bond donors (Lipinski definition) is 2. The summed E-state index contributed by atoms with van der Waals surface area (Å²) in [5, 5.41) is 11.4. The third-order valence-corrected chi connectivity index (χ3v) is 2.16. The summed E-state index contributed by atoms with van der Waals surface area (Å²) in [5.41, 5.74) is 0.395. The second-order valence-corrected chi connectivity index (χ2v) is 3.75. The molecule has 0 fully saturated rings. The zero-order chi connectivity index (χ0) is 13.5. The lowest BCUT2D eigenvalue weighted by Crippen LogP contribution is -2.20. The number of carboxylic acid groups (broad SMARTS) is 1. The fourth-order valence-electron chi connectivity index (χ4n) is 1.38. The van der Waals surface area contributed by atoms with Crippen LogP contribution in [0.1, 0.15) is 29.3 Å². The Bertz CT molecular complexity index is 483. The van der Waals surface area contributed by atoms with Crippen LogP contribution in [-0.2, 0) is 4.79 Å². The molecule has 1 amide bonds. The average molecular weight is 251 g/mol. The van der Waals surface area contributed by atoms with E-state index in [0.29, 0.717) is 18.5 Å². The Morgan fingerprint density at radius 1 is 1.39 bits per heavy atom. The van der Waals surface area contributed by atoms with Gasteiger partial charge in [0.05, 0.1) is 5.56 Å². The summed E-state index contributed by atoms with van der Waals surface area (Å²) in [6, 6.07) is 3.61. The molecule has 0 aliphatic rings. The molecule has 18 heavy (non-hydrogen) atoms. The van der Waals surface area contributed by atoms with Crippen molar-refractivity contribution in [3.63, 3.8) is 0 Å². The molecule has 0 aliphatic heterocycles. The zero-order valence-electron chi connectivity index (χ0n) is 9.94. The molecule has 0 saturated carbocycles. The first kappa shape index (κ1) is 13.9. The number of rotatable bonds is 5. The van der Waals surface area contributed by atoms with E-state index >= 15 is 0 Å². The van der Waals surface area contributed by atoms with Crippen molar-refractivity contribution in [2.45, 2.75) is 13.3 Å². The Morgan fingerprint density at radius 2 is 2.11 bits per heavy atom. The van der Waals surface area contributed by atoms with E-state index in [2.05, 4.69) is 5.32 Å². The molecule has 1 aromatic rings. The van der Waals surface area contributed by atoms with Crippen molar-refractivity contribution in [2.75, 3.05) is 6.54 Å². The number of carbonyl (C=O) groups is 2. The van der Waals surface area contributed by atoms with Gasteiger partial charge in [0.2, 0.25) is 5.91 Å². The van der Waals surface area contributed by atoms with Crippen molar-refractivity contribution in [1.29, 1.82) is 0 Å². The maximum absolute atomic E-state index is 13.1. The van der Waals surface area contributed by atoms with Crippen molar-refractivity contribution in [1.82, 2.24) is 5.32 Å². The standard InChI is InChI=1S/C13H14FNO3/c1-9(16)15-5-3-2-4-10-6-11(13(17)18)8-12(14)7-10/h2,4,6-8H,3,5H2,1H3,(H,15,16)(H,17,18). The largest absolute Gasteiger partial charge is 0.478 e. The number of carbonyl (C=O) groups excluding carboxylic acids is 1. The predicted molar refractivity (Wildman–Crippen MR) is 65.7 cm³/mol. The van der Waals surface area contributed by atoms with E-state index < -0.39 is 11.8 Å². The third-order valence-electron chi connectivity index (χ3n) is 2.16. The number of aromatic carboxylic acids is 1. The van der Waals surface area contributed by atoms with Crippen LogP contribution in [0.5, 0.6) is 0 Å². The van der Waals surface area contributed by atoms with Crippen molar-refractivity contribution < 1.29 is 19.1 Å². The molecule has 0 radical (unpaired) electrons. The van der Waals surface area contributed by atoms with Gasteiger partial charge in [-0.05, 0) is 30.2 Å². The molecule has 1 rings (SSSR count). The van der Waals surface area contributed by atoms with Gasteiger partial charge in [-0.3, -0.25) is 4.79 Å². The SMILES string of the molecule is CC(=O)NCCC=Cc1cc(F)cc(C(=O)O)c1. The molecule has 0 aliphatic carbocycles. The van der Waals surface area contributed by atoms with E-state index in [4.69, 9.17) is 5.11 Å². The number of amides is 1. The highest BCUT2D eigenvalue weighted by atomic mass is 19.1. The van der Waals surface area contributed by atoms with Crippen molar-refractivity contribution >= 4 is 18.0 Å². The van der Waals surface area contributed by atoms with Gasteiger partial charge in [0.1, 0.15) is 5.82 Å². The number of halogens is 1. The van der Waals surface area contributed by atoms with Crippen LogP contribution >= 0.6 is 0 Å². The Kier molecular flexibility index (Phi) is 5.05. The Labute approximate surface area is 104 Å². The fourth-order valence-corrected chi connectivity index (χ4v) is 1.38. The van der Waals surface area contributed by atoms with Crippen molar-refractivity contribution in [2.24, 2.45) is 0 Å². The number of nitrogens with one attached hydrogen (secondary N) is 1. The van der Waals surface area contributed by atoms with Gasteiger partial charge < -0.3 is 10.4 Å². The first-order chi connectivity index (χ1) is 8.49. The summed E-state index contributed by atoms with van der Waals surface area (Å²) in [7, 11) is 0. The quantitative estimate of drug-likeness (QED) is 0.787. The summed E-state index contributed by atoms with van der Waals surface area (Å²) >= 11 is 0. The molecular weight excluding hydrogens is 237 g/mol. The molecule has 96 valence electrons. The van der Waals surface area contributed by atoms with Crippen molar-refractivity contribution in [3.8, 4) is 0 Å². The van der Waals surface area contributed by atoms with Gasteiger partial charge in [-0.25, -0.2) is 9.18 Å². The van der Waals surface area contributed by atoms with E-state index in [1.54, 1.807) is 12.2 Å². The average Bonchev–Trinajstić information content (AvgIpc) is 2.27. The van der Waals surface area contributed by atoms with Gasteiger partial charge >= 0.3 is 5.97 Å². The second kappa shape index (κ2) is 6.54. The highest BCUT2D eigenvalue weighted by Crippen LogP contribution is 2.11. The summed E-state index contributed by atoms with van der Waals surface area (Å²) in [5.74, 6) is -1.86. The molecule has 2 N–H and O–H groups in total.